The molecule has 1 radical (unpaired) electrons. The fourth-order valence-corrected chi connectivity index (χ4v) is 529. The molecule has 0 bridgehead atoms. The van der Waals surface area contributed by atoms with Crippen molar-refractivity contribution in [2.24, 2.45) is 0 Å². The SMILES string of the molecule is [As]1[AsH][AsH][AsH][AsH]1. The van der Waals surface area contributed by atoms with E-state index < -0.39 is 0 Å². The molecule has 1 heterocycles. The maximum absolute atomic E-state index is 1.22. The van der Waals surface area contributed by atoms with E-state index in [1.54, 1.807) is 0 Å². The zero-order valence-corrected chi connectivity index (χ0v) is 12.7. The van der Waals surface area contributed by atoms with E-state index in [2.05, 4.69) is 0 Å². The predicted molar refractivity (Wildman–Crippen MR) is 34.4 cm³/mol. The second-order valence-corrected chi connectivity index (χ2v) is 82.1. The first-order valence-electron chi connectivity index (χ1n) is 1.20. The molecular formula is H4As5. The molecule has 0 aromatic heterocycles. The van der Waals surface area contributed by atoms with Gasteiger partial charge in [0.05, 0.1) is 0 Å². The van der Waals surface area contributed by atoms with Crippen molar-refractivity contribution in [1.29, 1.82) is 0 Å². The van der Waals surface area contributed by atoms with Gasteiger partial charge in [0.15, 0.2) is 0 Å². The van der Waals surface area contributed by atoms with Crippen molar-refractivity contribution in [2.75, 3.05) is 0 Å². The van der Waals surface area contributed by atoms with Gasteiger partial charge in [0.2, 0.25) is 0 Å². The van der Waals surface area contributed by atoms with Crippen LogP contribution in [0, 0.1) is 0 Å². The summed E-state index contributed by atoms with van der Waals surface area (Å²) in [6.45, 7) is 0. The summed E-state index contributed by atoms with van der Waals surface area (Å²) in [5, 5.41) is 0. The van der Waals surface area contributed by atoms with Crippen LogP contribution >= 0.6 is 0 Å². The first-order chi connectivity index (χ1) is 2.50. The van der Waals surface area contributed by atoms with Gasteiger partial charge in [-0.25, -0.2) is 0 Å². The van der Waals surface area contributed by atoms with Crippen molar-refractivity contribution in [3.63, 3.8) is 0 Å². The third-order valence-corrected chi connectivity index (χ3v) is 209. The quantitative estimate of drug-likeness (QED) is 0.395. The minimum absolute atomic E-state index is 0.969. The Morgan fingerprint density at radius 1 is 1.00 bits per heavy atom. The van der Waals surface area contributed by atoms with Gasteiger partial charge in [0, 0.05) is 0 Å². The second-order valence-electron chi connectivity index (χ2n) is 0.585. The Hall–Kier alpha value is 2.79. The van der Waals surface area contributed by atoms with Crippen LogP contribution < -0.4 is 0 Å². The van der Waals surface area contributed by atoms with Gasteiger partial charge >= 0.3 is 58.1 Å². The van der Waals surface area contributed by atoms with Gasteiger partial charge in [-0.05, 0) is 0 Å². The van der Waals surface area contributed by atoms with Gasteiger partial charge < -0.3 is 0 Å². The van der Waals surface area contributed by atoms with E-state index in [1.165, 1.54) is 11.6 Å². The van der Waals surface area contributed by atoms with Crippen LogP contribution in [-0.2, 0) is 0 Å². The zero-order chi connectivity index (χ0) is 3.54. The van der Waals surface area contributed by atoms with Crippen LogP contribution in [-0.4, -0.2) is 58.1 Å². The Labute approximate surface area is 56.9 Å². The predicted octanol–water partition coefficient (Wildman–Crippen LogP) is -2.97. The number of rotatable bonds is 0. The Morgan fingerprint density at radius 2 is 1.60 bits per heavy atom. The Kier molecular flexibility index (Phi) is 4.44. The van der Waals surface area contributed by atoms with Gasteiger partial charge in [-0.2, -0.15) is 0 Å². The first kappa shape index (κ1) is 5.92. The molecule has 1 aliphatic heterocycles. The molecule has 1 saturated heterocycles. The third kappa shape index (κ3) is 2.57. The normalized spacial score (nSPS) is 48.0. The molecule has 5 heavy (non-hydrogen) atoms. The van der Waals surface area contributed by atoms with Crippen LogP contribution in [0.4, 0.5) is 0 Å². The van der Waals surface area contributed by atoms with E-state index in [9.17, 15) is 0 Å². The topological polar surface area (TPSA) is 0 Å². The standard InChI is InChI=1S/As5H4/c1-2-4-5-3-1/h1-4H. The number of hydrogen-bond donors (Lipinski definition) is 0. The Bertz CT molecular complexity index is 11.6. The van der Waals surface area contributed by atoms with E-state index in [1.807, 2.05) is 0 Å². The Morgan fingerprint density at radius 3 is 1.80 bits per heavy atom. The number of hydrogen-bond acceptors (Lipinski definition) is 0. The molecule has 1 fully saturated rings. The monoisotopic (exact) mass is 379 g/mol. The molecule has 0 nitrogen and oxygen atoms in total. The van der Waals surface area contributed by atoms with Crippen molar-refractivity contribution >= 4 is 58.1 Å². The van der Waals surface area contributed by atoms with Crippen molar-refractivity contribution in [3.8, 4) is 0 Å². The molecule has 0 aromatic rings. The Balaban J connectivity index is 2.08. The summed E-state index contributed by atoms with van der Waals surface area (Å²) in [5.41, 5.74) is 0. The van der Waals surface area contributed by atoms with Gasteiger partial charge in [-0.3, -0.25) is 0 Å². The van der Waals surface area contributed by atoms with E-state index in [0.29, 0.717) is 0 Å². The van der Waals surface area contributed by atoms with E-state index in [-0.39, 0.29) is 0 Å². The van der Waals surface area contributed by atoms with Gasteiger partial charge in [-0.15, -0.1) is 0 Å². The van der Waals surface area contributed by atoms with Crippen LogP contribution in [0.2, 0.25) is 0 Å². The van der Waals surface area contributed by atoms with Crippen LogP contribution in [0.15, 0.2) is 0 Å². The molecule has 1 rings (SSSR count). The molecule has 29 valence electrons. The molecule has 4 atom stereocenters. The minimum atomic E-state index is 0.969. The van der Waals surface area contributed by atoms with Crippen molar-refractivity contribution in [2.45, 2.75) is 0 Å². The first-order valence-corrected chi connectivity index (χ1v) is 32.3. The molecule has 0 saturated carbocycles. The van der Waals surface area contributed by atoms with Gasteiger partial charge in [-0.1, -0.05) is 0 Å². The fraction of sp³-hybridized carbons (Fsp3) is 0. The van der Waals surface area contributed by atoms with Crippen LogP contribution in [0.3, 0.4) is 0 Å². The summed E-state index contributed by atoms with van der Waals surface area (Å²) in [6, 6.07) is 0. The van der Waals surface area contributed by atoms with Gasteiger partial charge in [0.25, 0.3) is 0 Å². The van der Waals surface area contributed by atoms with E-state index in [0.717, 1.165) is 46.5 Å². The zero-order valence-electron chi connectivity index (χ0n) is 2.45. The summed E-state index contributed by atoms with van der Waals surface area (Å²) >= 11 is 5.12. The third-order valence-electron chi connectivity index (χ3n) is 0.286. The molecule has 0 aliphatic carbocycles. The van der Waals surface area contributed by atoms with Crippen molar-refractivity contribution < 1.29 is 0 Å². The van der Waals surface area contributed by atoms with Crippen molar-refractivity contribution in [3.05, 3.63) is 0 Å². The molecule has 5 heteroatoms. The van der Waals surface area contributed by atoms with Crippen LogP contribution in [0.5, 0.6) is 0 Å². The van der Waals surface area contributed by atoms with E-state index in [4.69, 9.17) is 0 Å². The van der Waals surface area contributed by atoms with Crippen LogP contribution in [0.25, 0.3) is 0 Å². The average molecular weight is 379 g/mol. The summed E-state index contributed by atoms with van der Waals surface area (Å²) in [7, 11) is 0. The summed E-state index contributed by atoms with van der Waals surface area (Å²) in [5.74, 6) is 0. The van der Waals surface area contributed by atoms with Crippen LogP contribution in [0.1, 0.15) is 0 Å². The molecule has 4 unspecified atom stereocenters. The molecule has 0 aromatic carbocycles. The molecular weight excluding hydrogens is 375 g/mol. The molecule has 0 amide bonds. The molecule has 0 spiro atoms. The van der Waals surface area contributed by atoms with Gasteiger partial charge in [0.1, 0.15) is 0 Å². The van der Waals surface area contributed by atoms with E-state index >= 15 is 0 Å². The fourth-order valence-electron chi connectivity index (χ4n) is 0.140. The molecule has 1 aliphatic rings. The molecule has 0 N–H and O–H groups in total. The second kappa shape index (κ2) is 3.75. The summed E-state index contributed by atoms with van der Waals surface area (Å²) < 4.78 is 0. The summed E-state index contributed by atoms with van der Waals surface area (Å²) in [6.07, 6.45) is 0. The van der Waals surface area contributed by atoms with Crippen molar-refractivity contribution in [1.82, 2.24) is 0 Å². The maximum atomic E-state index is 1.22. The average Bonchev–Trinajstić information content (AvgIpc) is 1.76. The summed E-state index contributed by atoms with van der Waals surface area (Å²) in [4.78, 5) is 0.